The van der Waals surface area contributed by atoms with Crippen LogP contribution in [0.4, 0.5) is 51.1 Å². The molecule has 2 aromatic rings. The number of benzene rings is 1. The number of alkyl halides is 9. The standard InChI is InChI=1S/C20H17ClF9N3O4/c1-4-36-15(16(35)37-5-2)33(17-31-12(20(28,29)30)8-13(34)32(17)3)11-7-9(18(22,23)24)6-10(14(11)21)19(25,26)27/h6-8,15H,4-5H2,1-3H3. The second-order valence-electron chi connectivity index (χ2n) is 7.12. The van der Waals surface area contributed by atoms with Crippen LogP contribution in [0.3, 0.4) is 0 Å². The third-order valence-electron chi connectivity index (χ3n) is 4.61. The smallest absolute Gasteiger partial charge is 0.433 e. The van der Waals surface area contributed by atoms with Crippen LogP contribution >= 0.6 is 11.6 Å². The normalized spacial score (nSPS) is 13.4. The van der Waals surface area contributed by atoms with Crippen molar-refractivity contribution in [3.63, 3.8) is 0 Å². The van der Waals surface area contributed by atoms with Gasteiger partial charge < -0.3 is 9.47 Å². The van der Waals surface area contributed by atoms with E-state index >= 15 is 0 Å². The Morgan fingerprint density at radius 3 is 2.05 bits per heavy atom. The quantitative estimate of drug-likeness (QED) is 0.247. The summed E-state index contributed by atoms with van der Waals surface area (Å²) in [4.78, 5) is 28.3. The number of ether oxygens (including phenoxy) is 2. The van der Waals surface area contributed by atoms with Crippen molar-refractivity contribution in [2.75, 3.05) is 18.1 Å². The summed E-state index contributed by atoms with van der Waals surface area (Å²) < 4.78 is 132. The Bertz CT molecular complexity index is 1210. The molecule has 17 heteroatoms. The van der Waals surface area contributed by atoms with Gasteiger partial charge in [-0.15, -0.1) is 0 Å². The number of hydrogen-bond donors (Lipinski definition) is 0. The molecular formula is C20H17ClF9N3O4. The van der Waals surface area contributed by atoms with Gasteiger partial charge in [0.2, 0.25) is 12.2 Å². The van der Waals surface area contributed by atoms with E-state index in [9.17, 15) is 49.1 Å². The van der Waals surface area contributed by atoms with E-state index < -0.39 is 76.4 Å². The summed E-state index contributed by atoms with van der Waals surface area (Å²) in [6.45, 7) is 1.76. The fourth-order valence-corrected chi connectivity index (χ4v) is 3.31. The average Bonchev–Trinajstić information content (AvgIpc) is 2.74. The molecule has 1 unspecified atom stereocenters. The van der Waals surface area contributed by atoms with E-state index in [4.69, 9.17) is 21.1 Å². The first kappa shape index (κ1) is 30.2. The van der Waals surface area contributed by atoms with E-state index in [0.29, 0.717) is 4.57 Å². The third-order valence-corrected chi connectivity index (χ3v) is 5.01. The van der Waals surface area contributed by atoms with E-state index in [-0.39, 0.29) is 29.7 Å². The van der Waals surface area contributed by atoms with Gasteiger partial charge in [-0.05, 0) is 26.0 Å². The highest BCUT2D eigenvalue weighted by Gasteiger charge is 2.43. The Morgan fingerprint density at radius 1 is 1.00 bits per heavy atom. The number of nitrogens with zero attached hydrogens (tertiary/aromatic N) is 3. The molecular weight excluding hydrogens is 553 g/mol. The zero-order valence-electron chi connectivity index (χ0n) is 19.0. The van der Waals surface area contributed by atoms with Gasteiger partial charge in [0.1, 0.15) is 0 Å². The Balaban J connectivity index is 3.11. The summed E-state index contributed by atoms with van der Waals surface area (Å²) in [5, 5.41) is -1.44. The van der Waals surface area contributed by atoms with Gasteiger partial charge in [-0.25, -0.2) is 9.78 Å². The van der Waals surface area contributed by atoms with Crippen LogP contribution in [0.25, 0.3) is 0 Å². The van der Waals surface area contributed by atoms with E-state index in [0.717, 1.165) is 7.05 Å². The minimum atomic E-state index is -5.48. The molecule has 0 saturated heterocycles. The van der Waals surface area contributed by atoms with E-state index in [1.807, 2.05) is 0 Å². The van der Waals surface area contributed by atoms with Crippen LogP contribution in [0.2, 0.25) is 5.02 Å². The van der Waals surface area contributed by atoms with Crippen molar-refractivity contribution in [3.8, 4) is 0 Å². The fourth-order valence-electron chi connectivity index (χ4n) is 3.00. The topological polar surface area (TPSA) is 73.7 Å². The molecule has 7 nitrogen and oxygen atoms in total. The number of carbonyl (C=O) groups is 1. The Morgan fingerprint density at radius 2 is 1.59 bits per heavy atom. The lowest BCUT2D eigenvalue weighted by Gasteiger charge is -2.33. The molecule has 0 radical (unpaired) electrons. The highest BCUT2D eigenvalue weighted by Crippen LogP contribution is 2.46. The van der Waals surface area contributed by atoms with Gasteiger partial charge in [0, 0.05) is 19.7 Å². The van der Waals surface area contributed by atoms with Crippen LogP contribution in [-0.2, 0) is 39.8 Å². The lowest BCUT2D eigenvalue weighted by Crippen LogP contribution is -2.45. The summed E-state index contributed by atoms with van der Waals surface area (Å²) in [6, 6.07) is -0.228. The first-order valence-electron chi connectivity index (χ1n) is 10.0. The Hall–Kier alpha value is -3.01. The van der Waals surface area contributed by atoms with Crippen LogP contribution in [0.15, 0.2) is 23.0 Å². The molecule has 1 heterocycles. The van der Waals surface area contributed by atoms with Crippen molar-refractivity contribution in [3.05, 3.63) is 50.4 Å². The molecule has 1 atom stereocenters. The molecule has 206 valence electrons. The van der Waals surface area contributed by atoms with Crippen LogP contribution in [-0.4, -0.2) is 35.0 Å². The summed E-state index contributed by atoms with van der Waals surface area (Å²) >= 11 is 5.83. The minimum absolute atomic E-state index is 0.0383. The molecule has 1 aromatic heterocycles. The second-order valence-corrected chi connectivity index (χ2v) is 7.50. The van der Waals surface area contributed by atoms with Crippen molar-refractivity contribution < 1.29 is 53.8 Å². The number of carbonyl (C=O) groups excluding carboxylic acids is 1. The van der Waals surface area contributed by atoms with Crippen LogP contribution < -0.4 is 10.5 Å². The number of esters is 1. The molecule has 0 N–H and O–H groups in total. The van der Waals surface area contributed by atoms with Crippen molar-refractivity contribution in [1.29, 1.82) is 0 Å². The fraction of sp³-hybridized carbons (Fsp3) is 0.450. The molecule has 1 aromatic carbocycles. The maximum absolute atomic E-state index is 13.6. The van der Waals surface area contributed by atoms with Gasteiger partial charge in [-0.3, -0.25) is 14.3 Å². The molecule has 2 rings (SSSR count). The van der Waals surface area contributed by atoms with Crippen LogP contribution in [0.5, 0.6) is 0 Å². The SMILES string of the molecule is CCOC(=O)C(OCC)N(c1cc(C(F)(F)F)cc(C(F)(F)F)c1Cl)c1nc(C(F)(F)F)cc(=O)n1C. The molecule has 37 heavy (non-hydrogen) atoms. The van der Waals surface area contributed by atoms with Gasteiger partial charge in [0.05, 0.1) is 28.4 Å². The molecule has 0 amide bonds. The third kappa shape index (κ3) is 6.66. The minimum Gasteiger partial charge on any atom is -0.463 e. The summed E-state index contributed by atoms with van der Waals surface area (Å²) in [5.74, 6) is -2.64. The average molecular weight is 570 g/mol. The van der Waals surface area contributed by atoms with E-state index in [1.165, 1.54) is 13.8 Å². The second kappa shape index (κ2) is 10.8. The monoisotopic (exact) mass is 569 g/mol. The zero-order valence-corrected chi connectivity index (χ0v) is 19.7. The van der Waals surface area contributed by atoms with Crippen LogP contribution in [0.1, 0.15) is 30.7 Å². The highest BCUT2D eigenvalue weighted by atomic mass is 35.5. The van der Waals surface area contributed by atoms with Gasteiger partial charge >= 0.3 is 24.5 Å². The van der Waals surface area contributed by atoms with Gasteiger partial charge in [-0.2, -0.15) is 39.5 Å². The number of halogens is 10. The summed E-state index contributed by atoms with van der Waals surface area (Å²) in [7, 11) is 0.818. The van der Waals surface area contributed by atoms with Gasteiger partial charge in [-0.1, -0.05) is 11.6 Å². The predicted molar refractivity (Wildman–Crippen MR) is 110 cm³/mol. The summed E-state index contributed by atoms with van der Waals surface area (Å²) in [6.07, 6.45) is -18.5. The van der Waals surface area contributed by atoms with Crippen LogP contribution in [0, 0.1) is 0 Å². The number of aromatic nitrogens is 2. The molecule has 0 spiro atoms. The van der Waals surface area contributed by atoms with Gasteiger partial charge in [0.25, 0.3) is 5.56 Å². The van der Waals surface area contributed by atoms with E-state index in [1.54, 1.807) is 0 Å². The van der Waals surface area contributed by atoms with Crippen molar-refractivity contribution >= 4 is 29.2 Å². The maximum Gasteiger partial charge on any atom is 0.433 e. The lowest BCUT2D eigenvalue weighted by molar-refractivity contribution is -0.155. The zero-order chi connectivity index (χ0) is 28.5. The first-order chi connectivity index (χ1) is 16.8. The number of rotatable bonds is 7. The Kier molecular flexibility index (Phi) is 8.79. The highest BCUT2D eigenvalue weighted by molar-refractivity contribution is 6.34. The Labute approximate surface area is 207 Å². The van der Waals surface area contributed by atoms with Crippen molar-refractivity contribution in [2.45, 2.75) is 38.6 Å². The number of hydrogen-bond acceptors (Lipinski definition) is 6. The maximum atomic E-state index is 13.6. The molecule has 0 saturated carbocycles. The van der Waals surface area contributed by atoms with E-state index in [2.05, 4.69) is 4.98 Å². The van der Waals surface area contributed by atoms with Crippen molar-refractivity contribution in [2.24, 2.45) is 7.05 Å². The molecule has 0 bridgehead atoms. The first-order valence-corrected chi connectivity index (χ1v) is 10.4. The molecule has 0 aliphatic carbocycles. The summed E-state index contributed by atoms with van der Waals surface area (Å²) in [5.41, 5.74) is -8.49. The molecule has 0 fully saturated rings. The van der Waals surface area contributed by atoms with Crippen molar-refractivity contribution in [1.82, 2.24) is 9.55 Å². The predicted octanol–water partition coefficient (Wildman–Crippen LogP) is 5.55. The largest absolute Gasteiger partial charge is 0.463 e. The van der Waals surface area contributed by atoms with Gasteiger partial charge in [0.15, 0.2) is 5.69 Å². The molecule has 0 aliphatic rings. The molecule has 0 aliphatic heterocycles. The number of anilines is 2. The lowest BCUT2D eigenvalue weighted by atomic mass is 10.1.